The Morgan fingerprint density at radius 2 is 1.93 bits per heavy atom. The molecule has 0 aliphatic rings. The van der Waals surface area contributed by atoms with Crippen molar-refractivity contribution in [1.82, 2.24) is 14.6 Å². The maximum Gasteiger partial charge on any atom is 0.341 e. The minimum atomic E-state index is -1.14. The summed E-state index contributed by atoms with van der Waals surface area (Å²) in [7, 11) is 0. The van der Waals surface area contributed by atoms with E-state index in [1.165, 1.54) is 28.9 Å². The fraction of sp³-hybridized carbons (Fsp3) is 0.0500. The zero-order valence-corrected chi connectivity index (χ0v) is 14.5. The number of rotatable bonds is 5. The summed E-state index contributed by atoms with van der Waals surface area (Å²) in [6, 6.07) is 13.9. The van der Waals surface area contributed by atoms with Gasteiger partial charge in [-0.15, -0.1) is 0 Å². The van der Waals surface area contributed by atoms with E-state index in [9.17, 15) is 19.4 Å². The number of nitrogens with one attached hydrogen (secondary N) is 1. The summed E-state index contributed by atoms with van der Waals surface area (Å²) in [6.45, 7) is 0. The molecule has 2 heterocycles. The molecule has 3 N–H and O–H groups in total. The molecule has 7 nitrogen and oxygen atoms in total. The molecule has 140 valence electrons. The minimum Gasteiger partial charge on any atom is -0.508 e. The predicted octanol–water partition coefficient (Wildman–Crippen LogP) is 3.47. The van der Waals surface area contributed by atoms with Crippen LogP contribution in [0.2, 0.25) is 0 Å². The molecule has 8 heteroatoms. The van der Waals surface area contributed by atoms with Crippen LogP contribution in [0.1, 0.15) is 27.5 Å². The van der Waals surface area contributed by atoms with E-state index in [1.54, 1.807) is 12.3 Å². The van der Waals surface area contributed by atoms with Crippen LogP contribution < -0.4 is 5.32 Å². The smallest absolute Gasteiger partial charge is 0.341 e. The molecule has 0 bridgehead atoms. The van der Waals surface area contributed by atoms with Crippen molar-refractivity contribution in [2.45, 2.75) is 6.04 Å². The number of hydrogen-bond donors (Lipinski definition) is 3. The third kappa shape index (κ3) is 3.23. The van der Waals surface area contributed by atoms with Gasteiger partial charge in [0.15, 0.2) is 5.65 Å². The lowest BCUT2D eigenvalue weighted by atomic mass is 9.97. The third-order valence-electron chi connectivity index (χ3n) is 4.33. The molecular weight excluding hydrogens is 363 g/mol. The molecule has 0 aliphatic carbocycles. The lowest BCUT2D eigenvalue weighted by Gasteiger charge is -2.21. The van der Waals surface area contributed by atoms with E-state index < -0.39 is 17.8 Å². The standard InChI is InChI=1S/C20H15FN4O3/c21-13-6-7-16(26)14(10-13)18(12-4-2-1-3-5-12)23-17-8-9-25-19(24-17)15(11-22-25)20(27)28/h1-11,18,26H,(H,23,24)(H,27,28). The summed E-state index contributed by atoms with van der Waals surface area (Å²) in [5.74, 6) is -1.34. The van der Waals surface area contributed by atoms with Gasteiger partial charge in [0.25, 0.3) is 0 Å². The van der Waals surface area contributed by atoms with Gasteiger partial charge in [0, 0.05) is 11.8 Å². The lowest BCUT2D eigenvalue weighted by Crippen LogP contribution is -2.14. The number of carbonyl (C=O) groups is 1. The van der Waals surface area contributed by atoms with Crippen molar-refractivity contribution < 1.29 is 19.4 Å². The fourth-order valence-corrected chi connectivity index (χ4v) is 2.99. The highest BCUT2D eigenvalue weighted by atomic mass is 19.1. The number of aromatic carboxylic acids is 1. The molecule has 4 rings (SSSR count). The number of aromatic nitrogens is 3. The SMILES string of the molecule is O=C(O)c1cnn2ccc(NC(c3ccccc3)c3cc(F)ccc3O)nc12. The zero-order chi connectivity index (χ0) is 19.7. The molecule has 2 aromatic carbocycles. The van der Waals surface area contributed by atoms with Gasteiger partial charge in [-0.2, -0.15) is 5.10 Å². The van der Waals surface area contributed by atoms with Crippen molar-refractivity contribution in [2.24, 2.45) is 0 Å². The van der Waals surface area contributed by atoms with Crippen LogP contribution in [0.5, 0.6) is 5.75 Å². The Labute approximate surface area is 158 Å². The summed E-state index contributed by atoms with van der Waals surface area (Å²) in [5, 5.41) is 26.7. The summed E-state index contributed by atoms with van der Waals surface area (Å²) < 4.78 is 15.2. The average molecular weight is 378 g/mol. The number of phenolic OH excluding ortho intramolecular Hbond substituents is 1. The number of benzene rings is 2. The maximum absolute atomic E-state index is 13.8. The van der Waals surface area contributed by atoms with Gasteiger partial charge in [-0.3, -0.25) is 0 Å². The monoisotopic (exact) mass is 378 g/mol. The highest BCUT2D eigenvalue weighted by Gasteiger charge is 2.20. The van der Waals surface area contributed by atoms with Crippen LogP contribution in [0.25, 0.3) is 5.65 Å². The number of carboxylic acids is 1. The van der Waals surface area contributed by atoms with Crippen LogP contribution in [-0.2, 0) is 0 Å². The van der Waals surface area contributed by atoms with E-state index in [0.29, 0.717) is 11.4 Å². The number of nitrogens with zero attached hydrogens (tertiary/aromatic N) is 3. The van der Waals surface area contributed by atoms with E-state index >= 15 is 0 Å². The Morgan fingerprint density at radius 1 is 1.14 bits per heavy atom. The van der Waals surface area contributed by atoms with E-state index in [4.69, 9.17) is 0 Å². The van der Waals surface area contributed by atoms with E-state index in [1.807, 2.05) is 30.3 Å². The summed E-state index contributed by atoms with van der Waals surface area (Å²) in [6.07, 6.45) is 2.80. The molecular formula is C20H15FN4O3. The summed E-state index contributed by atoms with van der Waals surface area (Å²) >= 11 is 0. The number of phenols is 1. The Morgan fingerprint density at radius 3 is 2.68 bits per heavy atom. The molecule has 0 amide bonds. The molecule has 0 saturated heterocycles. The van der Waals surface area contributed by atoms with Gasteiger partial charge < -0.3 is 15.5 Å². The number of halogens is 1. The van der Waals surface area contributed by atoms with Crippen molar-refractivity contribution in [3.05, 3.63) is 89.5 Å². The first-order valence-corrected chi connectivity index (χ1v) is 8.40. The number of carboxylic acid groups (broad SMARTS) is 1. The Hall–Kier alpha value is -3.94. The van der Waals surface area contributed by atoms with Gasteiger partial charge >= 0.3 is 5.97 Å². The quantitative estimate of drug-likeness (QED) is 0.492. The number of anilines is 1. The maximum atomic E-state index is 13.8. The van der Waals surface area contributed by atoms with Gasteiger partial charge in [-0.25, -0.2) is 18.7 Å². The summed E-state index contributed by atoms with van der Waals surface area (Å²) in [4.78, 5) is 15.7. The van der Waals surface area contributed by atoms with Crippen LogP contribution >= 0.6 is 0 Å². The van der Waals surface area contributed by atoms with Crippen molar-refractivity contribution in [3.8, 4) is 5.75 Å². The first-order chi connectivity index (χ1) is 13.5. The van der Waals surface area contributed by atoms with Crippen molar-refractivity contribution in [3.63, 3.8) is 0 Å². The first kappa shape index (κ1) is 17.5. The second-order valence-electron chi connectivity index (χ2n) is 6.14. The van der Waals surface area contributed by atoms with Crippen molar-refractivity contribution in [2.75, 3.05) is 5.32 Å². The second-order valence-corrected chi connectivity index (χ2v) is 6.14. The average Bonchev–Trinajstić information content (AvgIpc) is 3.12. The molecule has 0 fully saturated rings. The molecule has 0 saturated carbocycles. The first-order valence-electron chi connectivity index (χ1n) is 8.40. The molecule has 4 aromatic rings. The molecule has 28 heavy (non-hydrogen) atoms. The number of fused-ring (bicyclic) bond motifs is 1. The normalized spacial score (nSPS) is 12.0. The third-order valence-corrected chi connectivity index (χ3v) is 4.33. The van der Waals surface area contributed by atoms with Gasteiger partial charge in [0.2, 0.25) is 0 Å². The van der Waals surface area contributed by atoms with Crippen LogP contribution in [-0.4, -0.2) is 30.8 Å². The van der Waals surface area contributed by atoms with Crippen LogP contribution in [0.4, 0.5) is 10.2 Å². The Balaban J connectivity index is 1.80. The van der Waals surface area contributed by atoms with Crippen LogP contribution in [0.3, 0.4) is 0 Å². The van der Waals surface area contributed by atoms with Crippen LogP contribution in [0, 0.1) is 5.82 Å². The van der Waals surface area contributed by atoms with E-state index in [0.717, 1.165) is 5.56 Å². The van der Waals surface area contributed by atoms with Crippen molar-refractivity contribution >= 4 is 17.4 Å². The predicted molar refractivity (Wildman–Crippen MR) is 99.9 cm³/mol. The molecule has 1 atom stereocenters. The summed E-state index contributed by atoms with van der Waals surface area (Å²) in [5.41, 5.74) is 1.25. The largest absolute Gasteiger partial charge is 0.508 e. The zero-order valence-electron chi connectivity index (χ0n) is 14.5. The molecule has 0 aliphatic heterocycles. The second kappa shape index (κ2) is 6.99. The highest BCUT2D eigenvalue weighted by molar-refractivity contribution is 5.94. The Kier molecular flexibility index (Phi) is 4.36. The topological polar surface area (TPSA) is 99.8 Å². The molecule has 1 unspecified atom stereocenters. The van der Waals surface area contributed by atoms with Crippen LogP contribution in [0.15, 0.2) is 67.0 Å². The lowest BCUT2D eigenvalue weighted by molar-refractivity contribution is 0.0698. The van der Waals surface area contributed by atoms with Crippen molar-refractivity contribution in [1.29, 1.82) is 0 Å². The van der Waals surface area contributed by atoms with Gasteiger partial charge in [0.1, 0.15) is 22.9 Å². The van der Waals surface area contributed by atoms with Gasteiger partial charge in [0.05, 0.1) is 12.2 Å². The molecule has 0 spiro atoms. The van der Waals surface area contributed by atoms with E-state index in [2.05, 4.69) is 15.4 Å². The van der Waals surface area contributed by atoms with E-state index in [-0.39, 0.29) is 17.0 Å². The minimum absolute atomic E-state index is 0.0338. The fourth-order valence-electron chi connectivity index (χ4n) is 2.99. The van der Waals surface area contributed by atoms with Gasteiger partial charge in [-0.1, -0.05) is 30.3 Å². The number of aromatic hydroxyl groups is 1. The highest BCUT2D eigenvalue weighted by Crippen LogP contribution is 2.32. The molecule has 0 radical (unpaired) electrons. The molecule has 2 aromatic heterocycles. The number of hydrogen-bond acceptors (Lipinski definition) is 5. The Bertz CT molecular complexity index is 1160. The van der Waals surface area contributed by atoms with Gasteiger partial charge in [-0.05, 0) is 29.8 Å².